The zero-order chi connectivity index (χ0) is 20.8. The highest BCUT2D eigenvalue weighted by molar-refractivity contribution is 7.22. The van der Waals surface area contributed by atoms with Crippen molar-refractivity contribution in [3.8, 4) is 0 Å². The van der Waals surface area contributed by atoms with Gasteiger partial charge in [0, 0.05) is 19.5 Å². The van der Waals surface area contributed by atoms with Gasteiger partial charge >= 0.3 is 0 Å². The van der Waals surface area contributed by atoms with Crippen molar-refractivity contribution in [3.63, 3.8) is 0 Å². The molecule has 0 radical (unpaired) electrons. The lowest BCUT2D eigenvalue weighted by Crippen LogP contribution is -2.39. The van der Waals surface area contributed by atoms with Gasteiger partial charge in [-0.3, -0.25) is 9.69 Å². The number of likely N-dealkylation sites (N-methyl/N-ethyl adjacent to an activating group) is 1. The summed E-state index contributed by atoms with van der Waals surface area (Å²) in [5, 5.41) is 0.818. The number of nitrogens with zero attached hydrogens (tertiary/aromatic N) is 3. The van der Waals surface area contributed by atoms with Gasteiger partial charge in [-0.05, 0) is 56.1 Å². The molecule has 1 aromatic heterocycles. The second-order valence-corrected chi connectivity index (χ2v) is 8.46. The van der Waals surface area contributed by atoms with Crippen molar-refractivity contribution >= 4 is 32.6 Å². The first-order valence-corrected chi connectivity index (χ1v) is 11.3. The van der Waals surface area contributed by atoms with Crippen molar-refractivity contribution in [2.45, 2.75) is 40.5 Å². The third kappa shape index (κ3) is 5.43. The van der Waals surface area contributed by atoms with Crippen LogP contribution in [-0.2, 0) is 11.2 Å². The lowest BCUT2D eigenvalue weighted by Gasteiger charge is -2.24. The van der Waals surface area contributed by atoms with Crippen LogP contribution in [0.5, 0.6) is 0 Å². The number of thiazole rings is 1. The highest BCUT2D eigenvalue weighted by Gasteiger charge is 2.21. The van der Waals surface area contributed by atoms with Crippen molar-refractivity contribution in [1.82, 2.24) is 9.88 Å². The second-order valence-electron chi connectivity index (χ2n) is 7.48. The number of carbonyl (C=O) groups excluding carboxylic acids is 1. The summed E-state index contributed by atoms with van der Waals surface area (Å²) in [6.45, 7) is 12.0. The van der Waals surface area contributed by atoms with E-state index in [1.54, 1.807) is 11.3 Å². The molecule has 154 valence electrons. The maximum atomic E-state index is 13.2. The Kier molecular flexibility index (Phi) is 7.40. The molecule has 0 N–H and O–H groups in total. The fraction of sp³-hybridized carbons (Fsp3) is 0.417. The molecule has 0 fully saturated rings. The van der Waals surface area contributed by atoms with Gasteiger partial charge < -0.3 is 4.90 Å². The molecule has 4 nitrogen and oxygen atoms in total. The molecular weight excluding hydrogens is 378 g/mol. The first kappa shape index (κ1) is 21.5. The monoisotopic (exact) mass is 409 g/mol. The summed E-state index contributed by atoms with van der Waals surface area (Å²) in [6, 6.07) is 14.5. The van der Waals surface area contributed by atoms with Crippen LogP contribution in [0, 0.1) is 13.8 Å². The van der Waals surface area contributed by atoms with Crippen LogP contribution in [0.1, 0.15) is 37.0 Å². The van der Waals surface area contributed by atoms with Crippen LogP contribution < -0.4 is 4.90 Å². The summed E-state index contributed by atoms with van der Waals surface area (Å²) in [4.78, 5) is 22.3. The Hall–Kier alpha value is -2.24. The summed E-state index contributed by atoms with van der Waals surface area (Å²) in [6.07, 6.45) is 1.25. The average Bonchev–Trinajstić information content (AvgIpc) is 3.14. The van der Waals surface area contributed by atoms with Gasteiger partial charge in [-0.25, -0.2) is 4.98 Å². The zero-order valence-electron chi connectivity index (χ0n) is 17.9. The average molecular weight is 410 g/mol. The zero-order valence-corrected chi connectivity index (χ0v) is 18.8. The van der Waals surface area contributed by atoms with E-state index >= 15 is 0 Å². The molecule has 0 aliphatic heterocycles. The molecule has 3 aromatic rings. The van der Waals surface area contributed by atoms with Crippen molar-refractivity contribution in [3.05, 3.63) is 59.2 Å². The largest absolute Gasteiger partial charge is 0.302 e. The number of anilines is 1. The van der Waals surface area contributed by atoms with Crippen LogP contribution >= 0.6 is 11.3 Å². The third-order valence-corrected chi connectivity index (χ3v) is 6.57. The molecule has 5 heteroatoms. The van der Waals surface area contributed by atoms with Gasteiger partial charge in [-0.2, -0.15) is 0 Å². The predicted octanol–water partition coefficient (Wildman–Crippen LogP) is 5.22. The first-order chi connectivity index (χ1) is 14.0. The molecule has 0 saturated heterocycles. The quantitative estimate of drug-likeness (QED) is 0.486. The molecule has 3 rings (SSSR count). The van der Waals surface area contributed by atoms with E-state index in [2.05, 4.69) is 56.9 Å². The normalized spacial score (nSPS) is 11.3. The summed E-state index contributed by atoms with van der Waals surface area (Å²) < 4.78 is 1.18. The maximum absolute atomic E-state index is 13.2. The molecule has 1 heterocycles. The van der Waals surface area contributed by atoms with E-state index in [0.717, 1.165) is 36.7 Å². The lowest BCUT2D eigenvalue weighted by atomic mass is 10.1. The van der Waals surface area contributed by atoms with Gasteiger partial charge in [0.15, 0.2) is 5.13 Å². The first-order valence-electron chi connectivity index (χ1n) is 10.5. The Labute approximate surface area is 178 Å². The summed E-state index contributed by atoms with van der Waals surface area (Å²) in [7, 11) is 0. The predicted molar refractivity (Wildman–Crippen MR) is 124 cm³/mol. The Balaban J connectivity index is 1.83. The van der Waals surface area contributed by atoms with E-state index in [-0.39, 0.29) is 5.91 Å². The Bertz CT molecular complexity index is 947. The number of fused-ring (bicyclic) bond motifs is 1. The molecule has 0 atom stereocenters. The highest BCUT2D eigenvalue weighted by Crippen LogP contribution is 2.32. The van der Waals surface area contributed by atoms with Crippen LogP contribution in [0.2, 0.25) is 0 Å². The number of hydrogen-bond acceptors (Lipinski definition) is 4. The molecule has 0 unspecified atom stereocenters. The molecule has 0 aliphatic carbocycles. The van der Waals surface area contributed by atoms with Crippen LogP contribution in [0.4, 0.5) is 5.13 Å². The molecule has 29 heavy (non-hydrogen) atoms. The minimum atomic E-state index is 0.148. The maximum Gasteiger partial charge on any atom is 0.229 e. The van der Waals surface area contributed by atoms with Crippen molar-refractivity contribution in [2.75, 3.05) is 31.1 Å². The van der Waals surface area contributed by atoms with E-state index in [4.69, 9.17) is 4.98 Å². The van der Waals surface area contributed by atoms with Crippen molar-refractivity contribution in [1.29, 1.82) is 0 Å². The van der Waals surface area contributed by atoms with E-state index in [1.165, 1.54) is 21.4 Å². The highest BCUT2D eigenvalue weighted by atomic mass is 32.1. The van der Waals surface area contributed by atoms with Gasteiger partial charge in [0.05, 0.1) is 10.2 Å². The lowest BCUT2D eigenvalue weighted by molar-refractivity contribution is -0.118. The minimum absolute atomic E-state index is 0.148. The topological polar surface area (TPSA) is 36.4 Å². The standard InChI is InChI=1S/C24H31N3OS/c1-5-26(6-2)14-15-27(22(28)13-12-20-10-8-7-9-11-20)24-25-21-17-18(3)16-19(4)23(21)29-24/h7-11,16-17H,5-6,12-15H2,1-4H3. The number of rotatable bonds is 9. The van der Waals surface area contributed by atoms with Crippen LogP contribution in [-0.4, -0.2) is 42.0 Å². The number of benzene rings is 2. The number of carbonyl (C=O) groups is 1. The number of aromatic nitrogens is 1. The van der Waals surface area contributed by atoms with Gasteiger partial charge in [0.25, 0.3) is 0 Å². The van der Waals surface area contributed by atoms with E-state index < -0.39 is 0 Å². The van der Waals surface area contributed by atoms with Crippen molar-refractivity contribution in [2.24, 2.45) is 0 Å². The molecular formula is C24H31N3OS. The molecule has 0 saturated carbocycles. The van der Waals surface area contributed by atoms with Crippen LogP contribution in [0.15, 0.2) is 42.5 Å². The van der Waals surface area contributed by atoms with Crippen molar-refractivity contribution < 1.29 is 4.79 Å². The molecule has 0 bridgehead atoms. The Morgan fingerprint density at radius 3 is 2.45 bits per heavy atom. The molecule has 2 aromatic carbocycles. The smallest absolute Gasteiger partial charge is 0.229 e. The van der Waals surface area contributed by atoms with E-state index in [0.29, 0.717) is 13.0 Å². The van der Waals surface area contributed by atoms with Gasteiger partial charge in [-0.15, -0.1) is 0 Å². The van der Waals surface area contributed by atoms with Gasteiger partial charge in [-0.1, -0.05) is 61.6 Å². The Morgan fingerprint density at radius 1 is 1.03 bits per heavy atom. The fourth-order valence-corrected chi connectivity index (χ4v) is 4.68. The molecule has 0 spiro atoms. The van der Waals surface area contributed by atoms with E-state index in [9.17, 15) is 4.79 Å². The van der Waals surface area contributed by atoms with Crippen LogP contribution in [0.3, 0.4) is 0 Å². The molecule has 1 amide bonds. The summed E-state index contributed by atoms with van der Waals surface area (Å²) >= 11 is 1.63. The van der Waals surface area contributed by atoms with Crippen LogP contribution in [0.25, 0.3) is 10.2 Å². The number of amides is 1. The van der Waals surface area contributed by atoms with Gasteiger partial charge in [0.2, 0.25) is 5.91 Å². The molecule has 0 aliphatic rings. The third-order valence-electron chi connectivity index (χ3n) is 5.35. The fourth-order valence-electron chi connectivity index (χ4n) is 3.62. The van der Waals surface area contributed by atoms with E-state index in [1.807, 2.05) is 23.1 Å². The van der Waals surface area contributed by atoms with Gasteiger partial charge in [0.1, 0.15) is 0 Å². The second kappa shape index (κ2) is 9.99. The Morgan fingerprint density at radius 2 is 1.76 bits per heavy atom. The SMILES string of the molecule is CCN(CC)CCN(C(=O)CCc1ccccc1)c1nc2cc(C)cc(C)c2s1. The minimum Gasteiger partial charge on any atom is -0.302 e. The number of hydrogen-bond donors (Lipinski definition) is 0. The summed E-state index contributed by atoms with van der Waals surface area (Å²) in [5.74, 6) is 0.148. The number of aryl methyl sites for hydroxylation is 3. The summed E-state index contributed by atoms with van der Waals surface area (Å²) in [5.41, 5.74) is 4.62.